The van der Waals surface area contributed by atoms with Crippen LogP contribution in [0.2, 0.25) is 0 Å². The molecule has 5 nitrogen and oxygen atoms in total. The summed E-state index contributed by atoms with van der Waals surface area (Å²) in [4.78, 5) is 13.4. The SMILES string of the molecule is COc1cc(C2(NC(=O)c3cc(OC[C@H]4CCCN4)ccc3C)CC2)c2ccccc2c1. The van der Waals surface area contributed by atoms with E-state index in [1.807, 2.05) is 43.3 Å². The van der Waals surface area contributed by atoms with Crippen LogP contribution in [0.4, 0.5) is 0 Å². The molecule has 1 aliphatic heterocycles. The van der Waals surface area contributed by atoms with E-state index < -0.39 is 0 Å². The molecule has 1 saturated heterocycles. The number of nitrogens with one attached hydrogen (secondary N) is 2. The molecule has 1 saturated carbocycles. The number of carbonyl (C=O) groups is 1. The Morgan fingerprint density at radius 1 is 1.12 bits per heavy atom. The van der Waals surface area contributed by atoms with Crippen LogP contribution in [0.5, 0.6) is 11.5 Å². The Morgan fingerprint density at radius 3 is 2.72 bits per heavy atom. The smallest absolute Gasteiger partial charge is 0.252 e. The molecule has 166 valence electrons. The van der Waals surface area contributed by atoms with E-state index in [0.717, 1.165) is 59.2 Å². The number of methoxy groups -OCH3 is 1. The molecule has 3 aromatic carbocycles. The second kappa shape index (κ2) is 8.47. The van der Waals surface area contributed by atoms with E-state index >= 15 is 0 Å². The van der Waals surface area contributed by atoms with Crippen LogP contribution < -0.4 is 20.1 Å². The maximum absolute atomic E-state index is 13.4. The zero-order valence-corrected chi connectivity index (χ0v) is 18.7. The minimum absolute atomic E-state index is 0.0589. The molecule has 0 spiro atoms. The van der Waals surface area contributed by atoms with E-state index in [2.05, 4.69) is 28.8 Å². The molecule has 5 rings (SSSR count). The van der Waals surface area contributed by atoms with Gasteiger partial charge in [-0.2, -0.15) is 0 Å². The van der Waals surface area contributed by atoms with Gasteiger partial charge in [-0.1, -0.05) is 30.3 Å². The van der Waals surface area contributed by atoms with Gasteiger partial charge < -0.3 is 20.1 Å². The van der Waals surface area contributed by atoms with Gasteiger partial charge in [0.05, 0.1) is 12.6 Å². The Morgan fingerprint density at radius 2 is 1.97 bits per heavy atom. The maximum atomic E-state index is 13.4. The minimum Gasteiger partial charge on any atom is -0.497 e. The predicted molar refractivity (Wildman–Crippen MR) is 127 cm³/mol. The highest BCUT2D eigenvalue weighted by Gasteiger charge is 2.47. The predicted octanol–water partition coefficient (Wildman–Crippen LogP) is 4.71. The van der Waals surface area contributed by atoms with Crippen molar-refractivity contribution in [1.82, 2.24) is 10.6 Å². The summed E-state index contributed by atoms with van der Waals surface area (Å²) >= 11 is 0. The van der Waals surface area contributed by atoms with Crippen LogP contribution in [0, 0.1) is 6.92 Å². The molecule has 2 N–H and O–H groups in total. The van der Waals surface area contributed by atoms with Crippen molar-refractivity contribution >= 4 is 16.7 Å². The number of fused-ring (bicyclic) bond motifs is 1. The van der Waals surface area contributed by atoms with Crippen molar-refractivity contribution in [1.29, 1.82) is 0 Å². The van der Waals surface area contributed by atoms with Crippen LogP contribution in [0.15, 0.2) is 54.6 Å². The number of hydrogen-bond donors (Lipinski definition) is 2. The van der Waals surface area contributed by atoms with E-state index in [9.17, 15) is 4.79 Å². The maximum Gasteiger partial charge on any atom is 0.252 e. The van der Waals surface area contributed by atoms with Gasteiger partial charge in [0.15, 0.2) is 0 Å². The number of ether oxygens (including phenoxy) is 2. The third-order valence-electron chi connectivity index (χ3n) is 6.76. The van der Waals surface area contributed by atoms with Crippen molar-refractivity contribution < 1.29 is 14.3 Å². The van der Waals surface area contributed by atoms with Crippen LogP contribution in [0.25, 0.3) is 10.8 Å². The molecule has 2 aliphatic rings. The molecule has 1 atom stereocenters. The van der Waals surface area contributed by atoms with Crippen molar-refractivity contribution in [3.05, 3.63) is 71.3 Å². The van der Waals surface area contributed by atoms with Crippen LogP contribution in [-0.4, -0.2) is 32.2 Å². The fourth-order valence-corrected chi connectivity index (χ4v) is 4.70. The molecule has 2 fully saturated rings. The van der Waals surface area contributed by atoms with Crippen LogP contribution >= 0.6 is 0 Å². The highest BCUT2D eigenvalue weighted by atomic mass is 16.5. The van der Waals surface area contributed by atoms with Gasteiger partial charge in [0.1, 0.15) is 18.1 Å². The minimum atomic E-state index is -0.359. The lowest BCUT2D eigenvalue weighted by Crippen LogP contribution is -2.35. The fraction of sp³-hybridized carbons (Fsp3) is 0.370. The van der Waals surface area contributed by atoms with E-state index in [-0.39, 0.29) is 11.4 Å². The van der Waals surface area contributed by atoms with Gasteiger partial charge in [-0.3, -0.25) is 4.79 Å². The average Bonchev–Trinajstić information content (AvgIpc) is 3.39. The second-order valence-electron chi connectivity index (χ2n) is 9.01. The van der Waals surface area contributed by atoms with E-state index in [4.69, 9.17) is 9.47 Å². The van der Waals surface area contributed by atoms with Crippen molar-refractivity contribution in [3.8, 4) is 11.5 Å². The summed E-state index contributed by atoms with van der Waals surface area (Å²) in [6.07, 6.45) is 4.16. The summed E-state index contributed by atoms with van der Waals surface area (Å²) in [5, 5.41) is 9.07. The summed E-state index contributed by atoms with van der Waals surface area (Å²) in [5.74, 6) is 1.49. The second-order valence-corrected chi connectivity index (χ2v) is 9.01. The van der Waals surface area contributed by atoms with E-state index in [0.29, 0.717) is 18.2 Å². The molecule has 3 aromatic rings. The van der Waals surface area contributed by atoms with Gasteiger partial charge in [0.25, 0.3) is 5.91 Å². The van der Waals surface area contributed by atoms with Crippen molar-refractivity contribution in [2.45, 2.75) is 44.2 Å². The molecular formula is C27H30N2O3. The number of aryl methyl sites for hydroxylation is 1. The molecular weight excluding hydrogens is 400 g/mol. The molecule has 1 aliphatic carbocycles. The fourth-order valence-electron chi connectivity index (χ4n) is 4.70. The lowest BCUT2D eigenvalue weighted by Gasteiger charge is -2.22. The van der Waals surface area contributed by atoms with Crippen molar-refractivity contribution in [3.63, 3.8) is 0 Å². The third-order valence-corrected chi connectivity index (χ3v) is 6.76. The molecule has 0 aromatic heterocycles. The Balaban J connectivity index is 1.39. The van der Waals surface area contributed by atoms with Crippen molar-refractivity contribution in [2.24, 2.45) is 0 Å². The zero-order chi connectivity index (χ0) is 22.1. The standard InChI is InChI=1S/C27H30N2O3/c1-18-9-10-21(32-17-20-7-5-13-28-20)15-24(18)26(30)29-27(11-12-27)25-16-22(31-2)14-19-6-3-4-8-23(19)25/h3-4,6,8-10,14-16,20,28H,5,7,11-13,17H2,1-2H3,(H,29,30)/t20-/m1/s1. The summed E-state index contributed by atoms with van der Waals surface area (Å²) in [6.45, 7) is 3.65. The monoisotopic (exact) mass is 430 g/mol. The number of amides is 1. The lowest BCUT2D eigenvalue weighted by molar-refractivity contribution is 0.0930. The first kappa shape index (κ1) is 20.8. The third kappa shape index (κ3) is 4.05. The van der Waals surface area contributed by atoms with Crippen molar-refractivity contribution in [2.75, 3.05) is 20.3 Å². The summed E-state index contributed by atoms with van der Waals surface area (Å²) in [7, 11) is 1.68. The number of hydrogen-bond acceptors (Lipinski definition) is 4. The molecule has 1 amide bonds. The van der Waals surface area contributed by atoms with Gasteiger partial charge in [0, 0.05) is 11.6 Å². The average molecular weight is 431 g/mol. The van der Waals surface area contributed by atoms with Gasteiger partial charge >= 0.3 is 0 Å². The normalized spacial score (nSPS) is 19.0. The Hall–Kier alpha value is -3.05. The van der Waals surface area contributed by atoms with Gasteiger partial charge in [0.2, 0.25) is 0 Å². The zero-order valence-electron chi connectivity index (χ0n) is 18.7. The highest BCUT2D eigenvalue weighted by molar-refractivity contribution is 5.98. The van der Waals surface area contributed by atoms with Crippen LogP contribution in [-0.2, 0) is 5.54 Å². The first-order valence-electron chi connectivity index (χ1n) is 11.4. The summed E-state index contributed by atoms with van der Waals surface area (Å²) in [5.41, 5.74) is 2.38. The molecule has 0 bridgehead atoms. The van der Waals surface area contributed by atoms with Gasteiger partial charge in [-0.15, -0.1) is 0 Å². The Bertz CT molecular complexity index is 1150. The molecule has 1 heterocycles. The van der Waals surface area contributed by atoms with Gasteiger partial charge in [-0.05, 0) is 85.3 Å². The summed E-state index contributed by atoms with van der Waals surface area (Å²) < 4.78 is 11.5. The Kier molecular flexibility index (Phi) is 5.51. The summed E-state index contributed by atoms with van der Waals surface area (Å²) in [6, 6.07) is 18.6. The Labute approximate surface area is 189 Å². The molecule has 32 heavy (non-hydrogen) atoms. The quantitative estimate of drug-likeness (QED) is 0.570. The first-order valence-corrected chi connectivity index (χ1v) is 11.4. The number of carbonyl (C=O) groups excluding carboxylic acids is 1. The first-order chi connectivity index (χ1) is 15.6. The van der Waals surface area contributed by atoms with Crippen LogP contribution in [0.1, 0.15) is 47.2 Å². The topological polar surface area (TPSA) is 59.6 Å². The van der Waals surface area contributed by atoms with Crippen LogP contribution in [0.3, 0.4) is 0 Å². The van der Waals surface area contributed by atoms with E-state index in [1.165, 1.54) is 6.42 Å². The number of rotatable bonds is 7. The van der Waals surface area contributed by atoms with Gasteiger partial charge in [-0.25, -0.2) is 0 Å². The lowest BCUT2D eigenvalue weighted by atomic mass is 9.95. The largest absolute Gasteiger partial charge is 0.497 e. The number of benzene rings is 3. The molecule has 0 unspecified atom stereocenters. The van der Waals surface area contributed by atoms with E-state index in [1.54, 1.807) is 7.11 Å². The molecule has 0 radical (unpaired) electrons. The highest BCUT2D eigenvalue weighted by Crippen LogP contribution is 2.49. The molecule has 5 heteroatoms.